The third-order valence-electron chi connectivity index (χ3n) is 4.27. The maximum atomic E-state index is 12.6. The van der Waals surface area contributed by atoms with Gasteiger partial charge in [0.25, 0.3) is 15.9 Å². The van der Waals surface area contributed by atoms with Crippen molar-refractivity contribution in [2.45, 2.75) is 30.4 Å². The van der Waals surface area contributed by atoms with E-state index in [1.807, 2.05) is 19.1 Å². The lowest BCUT2D eigenvalue weighted by molar-refractivity contribution is -0.122. The molecule has 2 heterocycles. The van der Waals surface area contributed by atoms with Gasteiger partial charge in [-0.2, -0.15) is 0 Å². The van der Waals surface area contributed by atoms with Gasteiger partial charge in [-0.05, 0) is 55.2 Å². The van der Waals surface area contributed by atoms with Crippen molar-refractivity contribution in [1.82, 2.24) is 0 Å². The lowest BCUT2D eigenvalue weighted by Crippen LogP contribution is -2.37. The highest BCUT2D eigenvalue weighted by Crippen LogP contribution is 2.31. The van der Waals surface area contributed by atoms with Crippen LogP contribution in [0.3, 0.4) is 0 Å². The number of nitrogens with zero attached hydrogens (tertiary/aromatic N) is 1. The summed E-state index contributed by atoms with van der Waals surface area (Å²) in [5.74, 6) is -0.0903. The van der Waals surface area contributed by atoms with Crippen LogP contribution in [0.1, 0.15) is 23.8 Å². The Bertz CT molecular complexity index is 906. The fourth-order valence-corrected chi connectivity index (χ4v) is 5.36. The topological polar surface area (TPSA) is 75.7 Å². The number of aryl methyl sites for hydroxylation is 2. The highest BCUT2D eigenvalue weighted by Gasteiger charge is 2.23. The van der Waals surface area contributed by atoms with E-state index in [1.165, 1.54) is 18.4 Å². The van der Waals surface area contributed by atoms with Crippen LogP contribution in [0.4, 0.5) is 11.4 Å². The number of ether oxygens (including phenoxy) is 1. The van der Waals surface area contributed by atoms with E-state index in [-0.39, 0.29) is 12.5 Å². The average molecular weight is 395 g/mol. The Morgan fingerprint density at radius 3 is 2.81 bits per heavy atom. The van der Waals surface area contributed by atoms with Gasteiger partial charge in [0.1, 0.15) is 10.8 Å². The van der Waals surface area contributed by atoms with Crippen LogP contribution in [0.2, 0.25) is 0 Å². The standard InChI is InChI=1S/C18H22N2O4S2/c1-3-15-7-9-18(25-15)26(22,23)19-14-6-8-16-13(11-14)5-4-10-20(16)17(21)12-24-2/h6-9,11,19H,3-5,10,12H2,1-2H3. The van der Waals surface area contributed by atoms with E-state index in [0.717, 1.165) is 35.4 Å². The maximum absolute atomic E-state index is 12.6. The van der Waals surface area contributed by atoms with Gasteiger partial charge in [-0.25, -0.2) is 8.42 Å². The summed E-state index contributed by atoms with van der Waals surface area (Å²) in [6, 6.07) is 8.78. The van der Waals surface area contributed by atoms with Gasteiger partial charge in [0, 0.05) is 29.9 Å². The molecule has 0 saturated carbocycles. The number of hydrogen-bond donors (Lipinski definition) is 1. The molecule has 1 amide bonds. The van der Waals surface area contributed by atoms with E-state index >= 15 is 0 Å². The number of anilines is 2. The van der Waals surface area contributed by atoms with E-state index in [1.54, 1.807) is 23.1 Å². The molecule has 8 heteroatoms. The number of hydrogen-bond acceptors (Lipinski definition) is 5. The predicted octanol–water partition coefficient (Wildman–Crippen LogP) is 3.04. The third kappa shape index (κ3) is 3.92. The number of amides is 1. The summed E-state index contributed by atoms with van der Waals surface area (Å²) >= 11 is 1.28. The predicted molar refractivity (Wildman–Crippen MR) is 103 cm³/mol. The third-order valence-corrected chi connectivity index (χ3v) is 7.37. The summed E-state index contributed by atoms with van der Waals surface area (Å²) in [6.45, 7) is 2.68. The molecule has 0 unspecified atom stereocenters. The maximum Gasteiger partial charge on any atom is 0.271 e. The molecule has 2 aromatic rings. The zero-order chi connectivity index (χ0) is 18.7. The van der Waals surface area contributed by atoms with Gasteiger partial charge in [-0.15, -0.1) is 11.3 Å². The Hall–Kier alpha value is -1.90. The van der Waals surface area contributed by atoms with Crippen LogP contribution < -0.4 is 9.62 Å². The molecule has 0 radical (unpaired) electrons. The molecular weight excluding hydrogens is 372 g/mol. The number of nitrogens with one attached hydrogen (secondary N) is 1. The first-order valence-corrected chi connectivity index (χ1v) is 10.8. The van der Waals surface area contributed by atoms with Crippen molar-refractivity contribution >= 4 is 38.6 Å². The van der Waals surface area contributed by atoms with Crippen LogP contribution in [0.15, 0.2) is 34.5 Å². The minimum atomic E-state index is -3.60. The Kier molecular flexibility index (Phi) is 5.64. The molecule has 0 aliphatic carbocycles. The van der Waals surface area contributed by atoms with Gasteiger partial charge in [0.2, 0.25) is 0 Å². The number of rotatable bonds is 6. The minimum Gasteiger partial charge on any atom is -0.375 e. The largest absolute Gasteiger partial charge is 0.375 e. The lowest BCUT2D eigenvalue weighted by Gasteiger charge is -2.29. The zero-order valence-electron chi connectivity index (χ0n) is 14.8. The summed E-state index contributed by atoms with van der Waals surface area (Å²) in [5.41, 5.74) is 2.29. The number of sulfonamides is 1. The van der Waals surface area contributed by atoms with E-state index in [0.29, 0.717) is 16.4 Å². The fourth-order valence-electron chi connectivity index (χ4n) is 3.02. The summed E-state index contributed by atoms with van der Waals surface area (Å²) < 4.78 is 33.0. The Morgan fingerprint density at radius 1 is 1.31 bits per heavy atom. The van der Waals surface area contributed by atoms with Crippen molar-refractivity contribution in [2.75, 3.05) is 29.9 Å². The lowest BCUT2D eigenvalue weighted by atomic mass is 10.0. The first-order valence-electron chi connectivity index (χ1n) is 8.48. The minimum absolute atomic E-state index is 0.0337. The summed E-state index contributed by atoms with van der Waals surface area (Å²) in [4.78, 5) is 14.9. The van der Waals surface area contributed by atoms with Crippen molar-refractivity contribution in [3.05, 3.63) is 40.8 Å². The number of carbonyl (C=O) groups excluding carboxylic acids is 1. The van der Waals surface area contributed by atoms with Gasteiger partial charge in [0.15, 0.2) is 0 Å². The summed E-state index contributed by atoms with van der Waals surface area (Å²) in [6.07, 6.45) is 2.45. The highest BCUT2D eigenvalue weighted by molar-refractivity contribution is 7.94. The summed E-state index contributed by atoms with van der Waals surface area (Å²) in [7, 11) is -2.10. The summed E-state index contributed by atoms with van der Waals surface area (Å²) in [5, 5.41) is 0. The van der Waals surface area contributed by atoms with Crippen LogP contribution in [0.5, 0.6) is 0 Å². The Balaban J connectivity index is 1.83. The molecule has 6 nitrogen and oxygen atoms in total. The van der Waals surface area contributed by atoms with Crippen LogP contribution in [0.25, 0.3) is 0 Å². The molecule has 1 aromatic carbocycles. The van der Waals surface area contributed by atoms with E-state index < -0.39 is 10.0 Å². The molecule has 1 N–H and O–H groups in total. The second kappa shape index (κ2) is 7.77. The number of fused-ring (bicyclic) bond motifs is 1. The molecule has 0 bridgehead atoms. The first kappa shape index (κ1) is 18.9. The molecule has 0 atom stereocenters. The van der Waals surface area contributed by atoms with E-state index in [9.17, 15) is 13.2 Å². The number of carbonyl (C=O) groups is 1. The first-order chi connectivity index (χ1) is 12.4. The van der Waals surface area contributed by atoms with Gasteiger partial charge >= 0.3 is 0 Å². The molecule has 1 aliphatic heterocycles. The molecule has 3 rings (SSSR count). The van der Waals surface area contributed by atoms with E-state index in [4.69, 9.17) is 4.74 Å². The van der Waals surface area contributed by atoms with Crippen molar-refractivity contribution < 1.29 is 17.9 Å². The molecule has 0 fully saturated rings. The molecule has 140 valence electrons. The number of methoxy groups -OCH3 is 1. The molecule has 0 spiro atoms. The zero-order valence-corrected chi connectivity index (χ0v) is 16.5. The Morgan fingerprint density at radius 2 is 2.12 bits per heavy atom. The number of thiophene rings is 1. The van der Waals surface area contributed by atoms with Gasteiger partial charge in [0.05, 0.1) is 0 Å². The van der Waals surface area contributed by atoms with Crippen molar-refractivity contribution in [1.29, 1.82) is 0 Å². The highest BCUT2D eigenvalue weighted by atomic mass is 32.2. The fraction of sp³-hybridized carbons (Fsp3) is 0.389. The number of benzene rings is 1. The molecule has 1 aromatic heterocycles. The smallest absolute Gasteiger partial charge is 0.271 e. The van der Waals surface area contributed by atoms with Crippen molar-refractivity contribution in [3.8, 4) is 0 Å². The van der Waals surface area contributed by atoms with Crippen molar-refractivity contribution in [3.63, 3.8) is 0 Å². The van der Waals surface area contributed by atoms with Gasteiger partial charge in [-0.3, -0.25) is 9.52 Å². The van der Waals surface area contributed by atoms with Crippen LogP contribution in [0, 0.1) is 0 Å². The second-order valence-corrected chi connectivity index (χ2v) is 9.18. The molecule has 1 aliphatic rings. The SMILES string of the molecule is CCc1ccc(S(=O)(=O)Nc2ccc3c(c2)CCCN3C(=O)COC)s1. The van der Waals surface area contributed by atoms with Crippen molar-refractivity contribution in [2.24, 2.45) is 0 Å². The molecule has 26 heavy (non-hydrogen) atoms. The average Bonchev–Trinajstić information content (AvgIpc) is 3.11. The van der Waals surface area contributed by atoms with Crippen LogP contribution in [-0.2, 0) is 32.4 Å². The second-order valence-electron chi connectivity index (χ2n) is 6.11. The molecular formula is C18H22N2O4S2. The normalized spacial score (nSPS) is 14.2. The van der Waals surface area contributed by atoms with Crippen LogP contribution >= 0.6 is 11.3 Å². The van der Waals surface area contributed by atoms with Gasteiger partial charge < -0.3 is 9.64 Å². The monoisotopic (exact) mass is 394 g/mol. The van der Waals surface area contributed by atoms with Gasteiger partial charge in [-0.1, -0.05) is 6.92 Å². The Labute approximate surface area is 157 Å². The quantitative estimate of drug-likeness (QED) is 0.817. The van der Waals surface area contributed by atoms with Crippen LogP contribution in [-0.4, -0.2) is 34.6 Å². The molecule has 0 saturated heterocycles. The van der Waals surface area contributed by atoms with E-state index in [2.05, 4.69) is 4.72 Å².